The van der Waals surface area contributed by atoms with Crippen LogP contribution < -0.4 is 0 Å². The van der Waals surface area contributed by atoms with Gasteiger partial charge in [0.2, 0.25) is 0 Å². The predicted octanol–water partition coefficient (Wildman–Crippen LogP) is 0.547. The highest BCUT2D eigenvalue weighted by Crippen LogP contribution is 2.07. The molecule has 94 valence electrons. The van der Waals surface area contributed by atoms with Gasteiger partial charge in [0.05, 0.1) is 18.8 Å². The Balaban J connectivity index is 2.42. The Hall–Kier alpha value is -1.89. The van der Waals surface area contributed by atoms with Crippen molar-refractivity contribution in [1.82, 2.24) is 0 Å². The van der Waals surface area contributed by atoms with Crippen molar-refractivity contribution in [3.05, 3.63) is 11.6 Å². The van der Waals surface area contributed by atoms with Crippen LogP contribution in [0.5, 0.6) is 0 Å². The molecule has 0 saturated heterocycles. The highest BCUT2D eigenvalue weighted by molar-refractivity contribution is 6.03. The van der Waals surface area contributed by atoms with Crippen LogP contribution in [0.1, 0.15) is 13.3 Å². The molecule has 0 aromatic heterocycles. The van der Waals surface area contributed by atoms with Gasteiger partial charge in [-0.05, 0) is 6.92 Å². The van der Waals surface area contributed by atoms with Gasteiger partial charge in [-0.25, -0.2) is 9.59 Å². The van der Waals surface area contributed by atoms with Crippen LogP contribution >= 0.6 is 0 Å². The summed E-state index contributed by atoms with van der Waals surface area (Å²) in [4.78, 5) is 25.4. The second kappa shape index (κ2) is 6.00. The van der Waals surface area contributed by atoms with E-state index in [-0.39, 0.29) is 12.5 Å². The summed E-state index contributed by atoms with van der Waals surface area (Å²) in [5.41, 5.74) is 0.595. The summed E-state index contributed by atoms with van der Waals surface area (Å²) < 4.78 is 10.9. The summed E-state index contributed by atoms with van der Waals surface area (Å²) in [6.45, 7) is 2.09. The summed E-state index contributed by atoms with van der Waals surface area (Å²) in [7, 11) is 1.48. The smallest absolute Gasteiger partial charge is 0.448 e. The first-order chi connectivity index (χ1) is 8.10. The Kier molecular flexibility index (Phi) is 4.65. The lowest BCUT2D eigenvalue weighted by molar-refractivity contribution is -0.451. The van der Waals surface area contributed by atoms with E-state index in [2.05, 4.69) is 9.62 Å². The lowest BCUT2D eigenvalue weighted by atomic mass is 10.3. The van der Waals surface area contributed by atoms with Crippen LogP contribution in [-0.2, 0) is 19.2 Å². The zero-order valence-electron chi connectivity index (χ0n) is 9.63. The Bertz CT molecular complexity index is 384. The summed E-state index contributed by atoms with van der Waals surface area (Å²) >= 11 is 0. The van der Waals surface area contributed by atoms with E-state index in [0.29, 0.717) is 24.4 Å². The second-order valence-electron chi connectivity index (χ2n) is 3.37. The molecule has 1 rings (SSSR count). The van der Waals surface area contributed by atoms with E-state index in [1.807, 2.05) is 0 Å². The molecule has 0 spiro atoms. The van der Waals surface area contributed by atoms with Gasteiger partial charge in [-0.2, -0.15) is 5.26 Å². The van der Waals surface area contributed by atoms with E-state index in [4.69, 9.17) is 9.99 Å². The minimum Gasteiger partial charge on any atom is -0.448 e. The minimum atomic E-state index is -1.16. The maximum Gasteiger partial charge on any atom is 0.540 e. The van der Waals surface area contributed by atoms with Gasteiger partial charge in [-0.3, -0.25) is 4.89 Å². The van der Waals surface area contributed by atoms with Crippen LogP contribution in [-0.4, -0.2) is 48.1 Å². The fourth-order valence-electron chi connectivity index (χ4n) is 1.42. The molecular weight excluding hydrogens is 230 g/mol. The molecule has 0 atom stereocenters. The van der Waals surface area contributed by atoms with E-state index >= 15 is 0 Å². The van der Waals surface area contributed by atoms with Crippen molar-refractivity contribution in [1.29, 1.82) is 0 Å². The maximum absolute atomic E-state index is 11.6. The van der Waals surface area contributed by atoms with Gasteiger partial charge in [0.15, 0.2) is 6.54 Å². The molecular formula is C10H14NO6+. The monoisotopic (exact) mass is 244 g/mol. The fraction of sp³-hybridized carbons (Fsp3) is 0.500. The molecule has 1 amide bonds. The molecule has 17 heavy (non-hydrogen) atoms. The zero-order chi connectivity index (χ0) is 12.8. The molecule has 1 heterocycles. The molecule has 0 saturated carbocycles. The highest BCUT2D eigenvalue weighted by Gasteiger charge is 2.31. The standard InChI is InChI=1S/C10H13NO6/c1-7-6-8(15-2)11(9(7)12)4-3-5-16-10(13)17-14/h6H,3-5H2,1-2H3/p+1. The lowest BCUT2D eigenvalue weighted by Crippen LogP contribution is -2.25. The molecule has 1 aliphatic rings. The predicted molar refractivity (Wildman–Crippen MR) is 55.6 cm³/mol. The molecule has 0 unspecified atom stereocenters. The van der Waals surface area contributed by atoms with E-state index in [1.54, 1.807) is 13.0 Å². The lowest BCUT2D eigenvalue weighted by Gasteiger charge is -2.01. The zero-order valence-corrected chi connectivity index (χ0v) is 9.63. The molecule has 0 radical (unpaired) electrons. The largest absolute Gasteiger partial charge is 0.540 e. The SMILES string of the molecule is COC1=[N+](CCCOC(=O)OO)C(=O)C(C)=C1. The number of amides is 1. The first kappa shape index (κ1) is 13.2. The molecule has 7 nitrogen and oxygen atoms in total. The summed E-state index contributed by atoms with van der Waals surface area (Å²) in [6.07, 6.45) is 0.892. The van der Waals surface area contributed by atoms with Gasteiger partial charge < -0.3 is 9.47 Å². The first-order valence-electron chi connectivity index (χ1n) is 4.99. The van der Waals surface area contributed by atoms with Gasteiger partial charge in [-0.15, -0.1) is 4.58 Å². The normalized spacial score (nSPS) is 14.8. The van der Waals surface area contributed by atoms with Gasteiger partial charge in [-0.1, -0.05) is 0 Å². The van der Waals surface area contributed by atoms with Crippen molar-refractivity contribution in [3.8, 4) is 0 Å². The number of methoxy groups -OCH3 is 1. The summed E-state index contributed by atoms with van der Waals surface area (Å²) in [6, 6.07) is 0. The second-order valence-corrected chi connectivity index (χ2v) is 3.37. The quantitative estimate of drug-likeness (QED) is 0.255. The topological polar surface area (TPSA) is 85.1 Å². The van der Waals surface area contributed by atoms with E-state index in [9.17, 15) is 9.59 Å². The van der Waals surface area contributed by atoms with Crippen molar-refractivity contribution in [2.24, 2.45) is 0 Å². The van der Waals surface area contributed by atoms with Crippen LogP contribution in [0, 0.1) is 0 Å². The highest BCUT2D eigenvalue weighted by atomic mass is 17.1. The number of hydrogen-bond donors (Lipinski definition) is 1. The van der Waals surface area contributed by atoms with Gasteiger partial charge >= 0.3 is 18.0 Å². The van der Waals surface area contributed by atoms with Crippen molar-refractivity contribution in [2.45, 2.75) is 13.3 Å². The third-order valence-electron chi connectivity index (χ3n) is 2.22. The number of rotatable bonds is 4. The molecule has 0 bridgehead atoms. The van der Waals surface area contributed by atoms with E-state index < -0.39 is 6.16 Å². The Morgan fingerprint density at radius 1 is 1.53 bits per heavy atom. The number of carbonyl (C=O) groups excluding carboxylic acids is 2. The minimum absolute atomic E-state index is 0.0409. The molecule has 7 heteroatoms. The fourth-order valence-corrected chi connectivity index (χ4v) is 1.42. The number of nitrogens with zero attached hydrogens (tertiary/aromatic N) is 1. The van der Waals surface area contributed by atoms with Gasteiger partial charge in [0.1, 0.15) is 6.61 Å². The van der Waals surface area contributed by atoms with Crippen molar-refractivity contribution in [3.63, 3.8) is 0 Å². The number of ether oxygens (including phenoxy) is 2. The van der Waals surface area contributed by atoms with Crippen LogP contribution in [0.2, 0.25) is 0 Å². The van der Waals surface area contributed by atoms with E-state index in [1.165, 1.54) is 11.7 Å². The van der Waals surface area contributed by atoms with Crippen molar-refractivity contribution in [2.75, 3.05) is 20.3 Å². The van der Waals surface area contributed by atoms with Gasteiger partial charge in [0.25, 0.3) is 0 Å². The first-order valence-corrected chi connectivity index (χ1v) is 4.99. The number of hydrogen-bond acceptors (Lipinski definition) is 6. The third kappa shape index (κ3) is 3.28. The van der Waals surface area contributed by atoms with Crippen molar-refractivity contribution < 1.29 is 33.8 Å². The van der Waals surface area contributed by atoms with Crippen LogP contribution in [0.3, 0.4) is 0 Å². The van der Waals surface area contributed by atoms with E-state index in [0.717, 1.165) is 0 Å². The Labute approximate surface area is 97.8 Å². The maximum atomic E-state index is 11.6. The van der Waals surface area contributed by atoms with Crippen molar-refractivity contribution >= 4 is 18.0 Å². The molecule has 0 aromatic rings. The molecule has 0 fully saturated rings. The van der Waals surface area contributed by atoms with Crippen LogP contribution in [0.15, 0.2) is 11.6 Å². The molecule has 1 aliphatic heterocycles. The van der Waals surface area contributed by atoms with Crippen LogP contribution in [0.25, 0.3) is 0 Å². The Morgan fingerprint density at radius 3 is 2.82 bits per heavy atom. The molecule has 1 N–H and O–H groups in total. The summed E-state index contributed by atoms with van der Waals surface area (Å²) in [5.74, 6) is 0.337. The molecule has 0 aliphatic carbocycles. The van der Waals surface area contributed by atoms with Crippen LogP contribution in [0.4, 0.5) is 4.79 Å². The third-order valence-corrected chi connectivity index (χ3v) is 2.22. The average Bonchev–Trinajstić information content (AvgIpc) is 2.61. The van der Waals surface area contributed by atoms with Gasteiger partial charge in [0, 0.05) is 6.42 Å². The number of carbonyl (C=O) groups is 2. The molecule has 0 aromatic carbocycles. The summed E-state index contributed by atoms with van der Waals surface area (Å²) in [5, 5.41) is 7.93. The average molecular weight is 244 g/mol. The Morgan fingerprint density at radius 2 is 2.24 bits per heavy atom.